The van der Waals surface area contributed by atoms with Crippen LogP contribution >= 0.6 is 0 Å². The summed E-state index contributed by atoms with van der Waals surface area (Å²) in [6, 6.07) is 5.40. The van der Waals surface area contributed by atoms with Crippen LogP contribution in [-0.2, 0) is 17.5 Å². The third-order valence-corrected chi connectivity index (χ3v) is 6.09. The van der Waals surface area contributed by atoms with E-state index in [1.807, 2.05) is 19.0 Å². The number of aromatic nitrogens is 3. The fraction of sp³-hybridized carbons (Fsp3) is 0.565. The summed E-state index contributed by atoms with van der Waals surface area (Å²) in [5.41, 5.74) is -0.656. The maximum absolute atomic E-state index is 13.2. The zero-order chi connectivity index (χ0) is 25.4. The van der Waals surface area contributed by atoms with Crippen molar-refractivity contribution >= 4 is 23.8 Å². The van der Waals surface area contributed by atoms with Gasteiger partial charge in [0.15, 0.2) is 0 Å². The molecule has 1 aromatic carbocycles. The molecule has 4 N–H and O–H groups in total. The molecule has 1 aliphatic carbocycles. The van der Waals surface area contributed by atoms with Gasteiger partial charge in [0.1, 0.15) is 0 Å². The van der Waals surface area contributed by atoms with Crippen molar-refractivity contribution in [2.75, 3.05) is 49.8 Å². The number of amides is 1. The summed E-state index contributed by atoms with van der Waals surface area (Å²) in [5, 5.41) is 12.1. The number of rotatable bonds is 10. The van der Waals surface area contributed by atoms with E-state index in [0.29, 0.717) is 30.7 Å². The first-order valence-electron chi connectivity index (χ1n) is 11.7. The van der Waals surface area contributed by atoms with Gasteiger partial charge < -0.3 is 26.2 Å². The van der Waals surface area contributed by atoms with Crippen LogP contribution in [0.5, 0.6) is 0 Å². The molecule has 35 heavy (non-hydrogen) atoms. The van der Waals surface area contributed by atoms with Crippen LogP contribution in [0.3, 0.4) is 0 Å². The highest BCUT2D eigenvalue weighted by Gasteiger charge is 2.33. The third-order valence-electron chi connectivity index (χ3n) is 6.09. The Morgan fingerprint density at radius 1 is 1.06 bits per heavy atom. The topological polar surface area (TPSA) is 107 Å². The van der Waals surface area contributed by atoms with Crippen molar-refractivity contribution in [3.05, 3.63) is 35.4 Å². The molecule has 1 fully saturated rings. The monoisotopic (exact) mass is 494 g/mol. The highest BCUT2D eigenvalue weighted by atomic mass is 19.4. The van der Waals surface area contributed by atoms with E-state index in [2.05, 4.69) is 36.2 Å². The number of alkyl halides is 3. The van der Waals surface area contributed by atoms with E-state index >= 15 is 0 Å². The second-order valence-electron chi connectivity index (χ2n) is 8.62. The summed E-state index contributed by atoms with van der Waals surface area (Å²) in [4.78, 5) is 27.9. The van der Waals surface area contributed by atoms with Gasteiger partial charge in [0, 0.05) is 45.7 Å². The molecular weight excluding hydrogens is 461 g/mol. The van der Waals surface area contributed by atoms with Crippen molar-refractivity contribution in [3.8, 4) is 0 Å². The number of likely N-dealkylation sites (N-methyl/N-ethyl adjacent to an activating group) is 2. The lowest BCUT2D eigenvalue weighted by Crippen LogP contribution is -2.36. The molecule has 1 heterocycles. The standard InChI is InChI=1S/C23H33F3N8O/c1-27-12-13-34(3)22-32-20(28-2)31-21(33-22)30-17-10-8-15(9-11-17)19(35)29-14-16-6-4-5-7-18(16)23(24,25)26/h4-7,15,17,27H,8-14H2,1-3H3,(H,29,35)(H2,28,30,31,32,33). The maximum Gasteiger partial charge on any atom is 0.416 e. The first-order valence-corrected chi connectivity index (χ1v) is 11.7. The molecule has 0 aliphatic heterocycles. The van der Waals surface area contributed by atoms with Gasteiger partial charge in [-0.1, -0.05) is 18.2 Å². The molecule has 1 amide bonds. The fourth-order valence-electron chi connectivity index (χ4n) is 4.05. The number of benzene rings is 1. The molecule has 1 aliphatic rings. The van der Waals surface area contributed by atoms with Gasteiger partial charge in [0.25, 0.3) is 0 Å². The maximum atomic E-state index is 13.2. The zero-order valence-electron chi connectivity index (χ0n) is 20.2. The Hall–Kier alpha value is -3.15. The van der Waals surface area contributed by atoms with Crippen molar-refractivity contribution < 1.29 is 18.0 Å². The summed E-state index contributed by atoms with van der Waals surface area (Å²) >= 11 is 0. The Morgan fingerprint density at radius 3 is 2.40 bits per heavy atom. The van der Waals surface area contributed by atoms with E-state index in [1.54, 1.807) is 7.05 Å². The van der Waals surface area contributed by atoms with Crippen LogP contribution in [0.2, 0.25) is 0 Å². The molecule has 9 nitrogen and oxygen atoms in total. The number of halogens is 3. The normalized spacial score (nSPS) is 18.1. The second kappa shape index (κ2) is 12.0. The lowest BCUT2D eigenvalue weighted by molar-refractivity contribution is -0.138. The van der Waals surface area contributed by atoms with Crippen molar-refractivity contribution in [1.82, 2.24) is 25.6 Å². The van der Waals surface area contributed by atoms with Crippen molar-refractivity contribution in [2.24, 2.45) is 5.92 Å². The molecule has 1 aromatic heterocycles. The predicted molar refractivity (Wildman–Crippen MR) is 129 cm³/mol. The summed E-state index contributed by atoms with van der Waals surface area (Å²) in [7, 11) is 5.53. The van der Waals surface area contributed by atoms with Crippen molar-refractivity contribution in [1.29, 1.82) is 0 Å². The number of anilines is 3. The van der Waals surface area contributed by atoms with Gasteiger partial charge in [0.2, 0.25) is 23.8 Å². The molecule has 1 saturated carbocycles. The molecule has 3 rings (SSSR count). The number of nitrogens with one attached hydrogen (secondary N) is 4. The molecule has 12 heteroatoms. The molecule has 0 spiro atoms. The van der Waals surface area contributed by atoms with Crippen molar-refractivity contribution in [3.63, 3.8) is 0 Å². The smallest absolute Gasteiger partial charge is 0.357 e. The van der Waals surface area contributed by atoms with E-state index < -0.39 is 11.7 Å². The van der Waals surface area contributed by atoms with Crippen LogP contribution in [0.15, 0.2) is 24.3 Å². The van der Waals surface area contributed by atoms with Gasteiger partial charge in [-0.2, -0.15) is 28.1 Å². The van der Waals surface area contributed by atoms with Crippen molar-refractivity contribution in [2.45, 2.75) is 44.4 Å². The highest BCUT2D eigenvalue weighted by Crippen LogP contribution is 2.32. The molecule has 0 unspecified atom stereocenters. The van der Waals surface area contributed by atoms with Crippen LogP contribution < -0.4 is 26.2 Å². The van der Waals surface area contributed by atoms with Gasteiger partial charge in [0.05, 0.1) is 5.56 Å². The van der Waals surface area contributed by atoms with Crippen LogP contribution in [-0.4, -0.2) is 61.1 Å². The third kappa shape index (κ3) is 7.41. The molecule has 2 aromatic rings. The Balaban J connectivity index is 1.53. The van der Waals surface area contributed by atoms with Crippen LogP contribution in [0.1, 0.15) is 36.8 Å². The molecule has 0 radical (unpaired) electrons. The molecule has 192 valence electrons. The molecule has 0 saturated heterocycles. The van der Waals surface area contributed by atoms with E-state index in [0.717, 1.165) is 32.0 Å². The minimum atomic E-state index is -4.45. The summed E-state index contributed by atoms with van der Waals surface area (Å²) in [6.45, 7) is 1.37. The fourth-order valence-corrected chi connectivity index (χ4v) is 4.05. The highest BCUT2D eigenvalue weighted by molar-refractivity contribution is 5.78. The van der Waals surface area contributed by atoms with E-state index in [9.17, 15) is 18.0 Å². The van der Waals surface area contributed by atoms with Gasteiger partial charge in [-0.25, -0.2) is 0 Å². The Bertz CT molecular complexity index is 979. The average molecular weight is 495 g/mol. The first kappa shape index (κ1) is 26.5. The minimum Gasteiger partial charge on any atom is -0.357 e. The average Bonchev–Trinajstić information content (AvgIpc) is 2.85. The first-order chi connectivity index (χ1) is 16.7. The summed E-state index contributed by atoms with van der Waals surface area (Å²) in [6.07, 6.45) is -1.74. The van der Waals surface area contributed by atoms with Crippen LogP contribution in [0.25, 0.3) is 0 Å². The lowest BCUT2D eigenvalue weighted by Gasteiger charge is -2.29. The van der Waals surface area contributed by atoms with Gasteiger partial charge in [-0.05, 0) is 44.4 Å². The number of hydrogen-bond acceptors (Lipinski definition) is 8. The second-order valence-corrected chi connectivity index (χ2v) is 8.62. The lowest BCUT2D eigenvalue weighted by atomic mass is 9.85. The van der Waals surface area contributed by atoms with Gasteiger partial charge in [-0.15, -0.1) is 0 Å². The zero-order valence-corrected chi connectivity index (χ0v) is 20.2. The number of hydrogen-bond donors (Lipinski definition) is 4. The van der Waals surface area contributed by atoms with Crippen LogP contribution in [0, 0.1) is 5.92 Å². The minimum absolute atomic E-state index is 0.0642. The van der Waals surface area contributed by atoms with E-state index in [-0.39, 0.29) is 30.0 Å². The SMILES string of the molecule is CNCCN(C)c1nc(NC)nc(NC2CCC(C(=O)NCc3ccccc3C(F)(F)F)CC2)n1. The molecular formula is C23H33F3N8O. The van der Waals surface area contributed by atoms with E-state index in [4.69, 9.17) is 0 Å². The van der Waals surface area contributed by atoms with Crippen LogP contribution in [0.4, 0.5) is 31.0 Å². The molecule has 0 atom stereocenters. The number of carbonyl (C=O) groups excluding carboxylic acids is 1. The Morgan fingerprint density at radius 2 is 1.74 bits per heavy atom. The summed E-state index contributed by atoms with van der Waals surface area (Å²) < 4.78 is 39.5. The predicted octanol–water partition coefficient (Wildman–Crippen LogP) is 2.87. The van der Waals surface area contributed by atoms with Gasteiger partial charge >= 0.3 is 6.18 Å². The quantitative estimate of drug-likeness (QED) is 0.400. The Labute approximate surface area is 203 Å². The van der Waals surface area contributed by atoms with E-state index in [1.165, 1.54) is 18.2 Å². The van der Waals surface area contributed by atoms with Gasteiger partial charge in [-0.3, -0.25) is 4.79 Å². The largest absolute Gasteiger partial charge is 0.416 e. The number of nitrogens with zero attached hydrogens (tertiary/aromatic N) is 4. The Kier molecular flexibility index (Phi) is 9.07. The summed E-state index contributed by atoms with van der Waals surface area (Å²) in [5.74, 6) is 1.02. The molecule has 0 bridgehead atoms. The number of carbonyl (C=O) groups is 1.